The van der Waals surface area contributed by atoms with Gasteiger partial charge in [0.05, 0.1) is 0 Å². The van der Waals surface area contributed by atoms with Gasteiger partial charge in [-0.05, 0) is 147 Å². The van der Waals surface area contributed by atoms with Crippen LogP contribution < -0.4 is 0 Å². The van der Waals surface area contributed by atoms with Crippen LogP contribution in [0, 0.1) is 34.6 Å². The molecule has 4 aliphatic carbocycles. The summed E-state index contributed by atoms with van der Waals surface area (Å²) in [5.41, 5.74) is 30.1. The van der Waals surface area contributed by atoms with Crippen LogP contribution in [0.1, 0.15) is 100 Å². The van der Waals surface area contributed by atoms with Crippen molar-refractivity contribution in [3.05, 3.63) is 285 Å². The maximum atomic E-state index is 2.33. The smallest absolute Gasteiger partial charge is 0.0158 e. The Kier molecular flexibility index (Phi) is 12.8. The van der Waals surface area contributed by atoms with Gasteiger partial charge in [-0.3, -0.25) is 0 Å². The Morgan fingerprint density at radius 3 is 1.30 bits per heavy atom. The lowest BCUT2D eigenvalue weighted by molar-refractivity contribution is 0.660. The molecule has 0 bridgehead atoms. The SMILES string of the molecule is Cc1ccc2c(c1)-c1ccccc1C2.Cc1ccc2c(c1)-c1ccccc1C2(C)C.Cc1ccc2c(c1)C(C)(C)c1ccccc1-2.Cc1ccc2c(c1)Cc1ccccc1-2.Cc1ccc2ccccc2c1. The van der Waals surface area contributed by atoms with Crippen LogP contribution in [-0.4, -0.2) is 0 Å². The lowest BCUT2D eigenvalue weighted by Gasteiger charge is -2.21. The molecule has 0 unspecified atom stereocenters. The summed E-state index contributed by atoms with van der Waals surface area (Å²) in [5, 5.41) is 2.64. The van der Waals surface area contributed by atoms with Gasteiger partial charge in [0, 0.05) is 10.8 Å². The van der Waals surface area contributed by atoms with E-state index in [4.69, 9.17) is 0 Å². The van der Waals surface area contributed by atoms with E-state index in [1.807, 2.05) is 0 Å². The molecular weight excluding hydrogens is 853 g/mol. The normalized spacial score (nSPS) is 13.5. The second-order valence-corrected chi connectivity index (χ2v) is 21.3. The molecule has 0 N–H and O–H groups in total. The molecule has 0 radical (unpaired) electrons. The summed E-state index contributed by atoms with van der Waals surface area (Å²) in [5.74, 6) is 0. The molecule has 0 heterocycles. The summed E-state index contributed by atoms with van der Waals surface area (Å²) >= 11 is 0. The molecule has 4 aliphatic rings. The highest BCUT2D eigenvalue weighted by Gasteiger charge is 2.36. The zero-order valence-corrected chi connectivity index (χ0v) is 43.1. The Morgan fingerprint density at radius 1 is 0.239 bits per heavy atom. The van der Waals surface area contributed by atoms with Crippen molar-refractivity contribution in [2.75, 3.05) is 0 Å². The van der Waals surface area contributed by atoms with Crippen molar-refractivity contribution in [1.82, 2.24) is 0 Å². The van der Waals surface area contributed by atoms with Crippen LogP contribution >= 0.6 is 0 Å². The standard InChI is InChI=1S/2C16H16.2C14H12.C11H10/c1-11-8-9-15-13(10-11)12-6-4-5-7-14(12)16(15,2)3;1-11-8-9-13-12-6-4-5-7-14(12)16(2,3)15(13)10-11;1-10-6-7-14-12(8-10)9-11-4-2-3-5-13(11)14;1-10-6-7-12-9-11-4-2-3-5-13(11)14(12)8-10;1-9-6-7-10-4-2-3-5-11(10)8-9/h2*4-10H,1-3H3;2*2-8H,9H2,1H3;2-8H,1H3. The monoisotopic (exact) mass is 919 g/mol. The molecule has 71 heavy (non-hydrogen) atoms. The zero-order valence-electron chi connectivity index (χ0n) is 43.1. The van der Waals surface area contributed by atoms with Gasteiger partial charge < -0.3 is 0 Å². The van der Waals surface area contributed by atoms with E-state index in [2.05, 4.69) is 275 Å². The maximum Gasteiger partial charge on any atom is 0.0158 e. The molecule has 14 rings (SSSR count). The molecule has 10 aromatic carbocycles. The zero-order chi connectivity index (χ0) is 49.4. The second-order valence-electron chi connectivity index (χ2n) is 21.3. The summed E-state index contributed by atoms with van der Waals surface area (Å²) in [4.78, 5) is 0. The van der Waals surface area contributed by atoms with Crippen LogP contribution in [0.4, 0.5) is 0 Å². The summed E-state index contributed by atoms with van der Waals surface area (Å²) in [6, 6.07) is 76.9. The first-order chi connectivity index (χ1) is 34.3. The van der Waals surface area contributed by atoms with E-state index in [0.29, 0.717) is 0 Å². The highest BCUT2D eigenvalue weighted by atomic mass is 14.4. The van der Waals surface area contributed by atoms with E-state index in [0.717, 1.165) is 12.8 Å². The van der Waals surface area contributed by atoms with Crippen molar-refractivity contribution in [3.63, 3.8) is 0 Å². The van der Waals surface area contributed by atoms with E-state index in [9.17, 15) is 0 Å². The fourth-order valence-electron chi connectivity index (χ4n) is 11.5. The highest BCUT2D eigenvalue weighted by molar-refractivity contribution is 5.84. The van der Waals surface area contributed by atoms with Gasteiger partial charge in [-0.1, -0.05) is 268 Å². The fourth-order valence-corrected chi connectivity index (χ4v) is 11.5. The Morgan fingerprint density at radius 2 is 0.620 bits per heavy atom. The van der Waals surface area contributed by atoms with Crippen molar-refractivity contribution in [1.29, 1.82) is 0 Å². The Labute approximate surface area is 423 Å². The third kappa shape index (κ3) is 9.33. The number of hydrogen-bond acceptors (Lipinski definition) is 0. The second kappa shape index (κ2) is 19.3. The van der Waals surface area contributed by atoms with Gasteiger partial charge in [0.2, 0.25) is 0 Å². The van der Waals surface area contributed by atoms with E-state index >= 15 is 0 Å². The van der Waals surface area contributed by atoms with Gasteiger partial charge in [0.25, 0.3) is 0 Å². The summed E-state index contributed by atoms with van der Waals surface area (Å²) < 4.78 is 0. The van der Waals surface area contributed by atoms with Crippen molar-refractivity contribution in [2.24, 2.45) is 0 Å². The maximum absolute atomic E-state index is 2.33. The molecule has 0 fully saturated rings. The van der Waals surface area contributed by atoms with Gasteiger partial charge in [-0.2, -0.15) is 0 Å². The van der Waals surface area contributed by atoms with E-state index in [1.54, 1.807) is 0 Å². The molecule has 0 atom stereocenters. The Bertz CT molecular complexity index is 3590. The highest BCUT2D eigenvalue weighted by Crippen LogP contribution is 2.50. The average Bonchev–Trinajstić information content (AvgIpc) is 4.06. The summed E-state index contributed by atoms with van der Waals surface area (Å²) in [6.45, 7) is 20.0. The largest absolute Gasteiger partial charge is 0.0619 e. The average molecular weight is 919 g/mol. The molecule has 0 nitrogen and oxygen atoms in total. The number of rotatable bonds is 0. The Hall–Kier alpha value is -7.54. The van der Waals surface area contributed by atoms with Gasteiger partial charge in [0.1, 0.15) is 0 Å². The molecule has 0 saturated heterocycles. The topological polar surface area (TPSA) is 0 Å². The minimum atomic E-state index is 0.151. The summed E-state index contributed by atoms with van der Waals surface area (Å²) in [6.07, 6.45) is 2.21. The van der Waals surface area contributed by atoms with Gasteiger partial charge in [-0.15, -0.1) is 0 Å². The predicted molar refractivity (Wildman–Crippen MR) is 305 cm³/mol. The quantitative estimate of drug-likeness (QED) is 0.142. The molecular formula is C71H66. The van der Waals surface area contributed by atoms with Crippen molar-refractivity contribution in [2.45, 2.75) is 86.0 Å². The lowest BCUT2D eigenvalue weighted by atomic mass is 9.82. The number of benzene rings is 10. The molecule has 0 spiro atoms. The molecule has 0 amide bonds. The Balaban J connectivity index is 0.000000103. The lowest BCUT2D eigenvalue weighted by Crippen LogP contribution is -2.14. The van der Waals surface area contributed by atoms with E-state index < -0.39 is 0 Å². The summed E-state index contributed by atoms with van der Waals surface area (Å²) in [7, 11) is 0. The van der Waals surface area contributed by atoms with Crippen LogP contribution in [0.25, 0.3) is 55.3 Å². The molecule has 10 aromatic rings. The molecule has 0 saturated carbocycles. The van der Waals surface area contributed by atoms with E-state index in [1.165, 1.54) is 128 Å². The fraction of sp³-hybridized carbons (Fsp3) is 0.183. The first kappa shape index (κ1) is 47.2. The number of hydrogen-bond donors (Lipinski definition) is 0. The van der Waals surface area contributed by atoms with Crippen molar-refractivity contribution < 1.29 is 0 Å². The number of fused-ring (bicyclic) bond motifs is 13. The minimum absolute atomic E-state index is 0.151. The van der Waals surface area contributed by atoms with E-state index in [-0.39, 0.29) is 10.8 Å². The van der Waals surface area contributed by atoms with Gasteiger partial charge >= 0.3 is 0 Å². The van der Waals surface area contributed by atoms with Crippen molar-refractivity contribution >= 4 is 10.8 Å². The van der Waals surface area contributed by atoms with Crippen LogP contribution in [0.5, 0.6) is 0 Å². The number of aryl methyl sites for hydroxylation is 5. The van der Waals surface area contributed by atoms with Gasteiger partial charge in [-0.25, -0.2) is 0 Å². The third-order valence-corrected chi connectivity index (χ3v) is 15.3. The van der Waals surface area contributed by atoms with Crippen LogP contribution in [0.15, 0.2) is 212 Å². The first-order valence-electron chi connectivity index (χ1n) is 25.5. The van der Waals surface area contributed by atoms with Crippen LogP contribution in [-0.2, 0) is 23.7 Å². The molecule has 0 aliphatic heterocycles. The molecule has 0 heteroatoms. The first-order valence-corrected chi connectivity index (χ1v) is 25.5. The molecule has 0 aromatic heterocycles. The van der Waals surface area contributed by atoms with Gasteiger partial charge in [0.15, 0.2) is 0 Å². The van der Waals surface area contributed by atoms with Crippen molar-refractivity contribution in [3.8, 4) is 44.5 Å². The minimum Gasteiger partial charge on any atom is -0.0619 e. The third-order valence-electron chi connectivity index (χ3n) is 15.3. The van der Waals surface area contributed by atoms with Crippen LogP contribution in [0.2, 0.25) is 0 Å². The molecule has 350 valence electrons. The predicted octanol–water partition coefficient (Wildman–Crippen LogP) is 18.9. The van der Waals surface area contributed by atoms with Crippen LogP contribution in [0.3, 0.4) is 0 Å².